The van der Waals surface area contributed by atoms with E-state index in [4.69, 9.17) is 5.11 Å². The zero-order valence-electron chi connectivity index (χ0n) is 11.8. The van der Waals surface area contributed by atoms with Crippen LogP contribution in [0.3, 0.4) is 0 Å². The standard InChI is InChI=1S/C14H27NO2S/c1-10(2)15-13(14(16)17)7-8-18-12-6-4-5-11(3)9-12/h10-13,15H,4-9H2,1-3H3,(H,16,17). The van der Waals surface area contributed by atoms with Gasteiger partial charge in [-0.05, 0) is 30.9 Å². The van der Waals surface area contributed by atoms with Gasteiger partial charge < -0.3 is 10.4 Å². The minimum atomic E-state index is -0.721. The lowest BCUT2D eigenvalue weighted by Crippen LogP contribution is -2.41. The average molecular weight is 273 g/mol. The molecule has 18 heavy (non-hydrogen) atoms. The highest BCUT2D eigenvalue weighted by molar-refractivity contribution is 7.99. The Balaban J connectivity index is 2.23. The van der Waals surface area contributed by atoms with Crippen LogP contribution in [0.15, 0.2) is 0 Å². The van der Waals surface area contributed by atoms with Crippen molar-refractivity contribution in [2.75, 3.05) is 5.75 Å². The molecule has 106 valence electrons. The van der Waals surface area contributed by atoms with E-state index in [9.17, 15) is 4.79 Å². The van der Waals surface area contributed by atoms with Crippen molar-refractivity contribution >= 4 is 17.7 Å². The number of carboxylic acid groups (broad SMARTS) is 1. The minimum absolute atomic E-state index is 0.228. The van der Waals surface area contributed by atoms with Gasteiger partial charge >= 0.3 is 5.97 Å². The first-order valence-electron chi connectivity index (χ1n) is 7.09. The van der Waals surface area contributed by atoms with Crippen LogP contribution in [0.4, 0.5) is 0 Å². The molecule has 2 N–H and O–H groups in total. The van der Waals surface area contributed by atoms with Crippen LogP contribution in [0.2, 0.25) is 0 Å². The van der Waals surface area contributed by atoms with Gasteiger partial charge in [-0.2, -0.15) is 11.8 Å². The van der Waals surface area contributed by atoms with E-state index in [0.29, 0.717) is 0 Å². The van der Waals surface area contributed by atoms with Crippen LogP contribution in [0, 0.1) is 5.92 Å². The molecule has 0 aromatic carbocycles. The quantitative estimate of drug-likeness (QED) is 0.748. The van der Waals surface area contributed by atoms with Crippen molar-refractivity contribution in [2.24, 2.45) is 5.92 Å². The summed E-state index contributed by atoms with van der Waals surface area (Å²) in [5.41, 5.74) is 0. The number of carbonyl (C=O) groups is 1. The number of carboxylic acids is 1. The van der Waals surface area contributed by atoms with Gasteiger partial charge in [0.05, 0.1) is 0 Å². The molecule has 0 radical (unpaired) electrons. The van der Waals surface area contributed by atoms with E-state index in [1.165, 1.54) is 25.7 Å². The fourth-order valence-electron chi connectivity index (χ4n) is 2.56. The van der Waals surface area contributed by atoms with Gasteiger partial charge in [-0.3, -0.25) is 4.79 Å². The first-order valence-corrected chi connectivity index (χ1v) is 8.14. The summed E-state index contributed by atoms with van der Waals surface area (Å²) in [4.78, 5) is 11.1. The predicted molar refractivity (Wildman–Crippen MR) is 78.2 cm³/mol. The summed E-state index contributed by atoms with van der Waals surface area (Å²) in [5.74, 6) is 1.08. The van der Waals surface area contributed by atoms with Crippen molar-refractivity contribution in [3.05, 3.63) is 0 Å². The molecule has 0 amide bonds. The van der Waals surface area contributed by atoms with Crippen LogP contribution in [0.5, 0.6) is 0 Å². The Hall–Kier alpha value is -0.220. The lowest BCUT2D eigenvalue weighted by atomic mass is 9.91. The van der Waals surface area contributed by atoms with Crippen molar-refractivity contribution in [3.63, 3.8) is 0 Å². The third-order valence-electron chi connectivity index (χ3n) is 3.48. The molecule has 1 aliphatic carbocycles. The molecule has 1 rings (SSSR count). The van der Waals surface area contributed by atoms with Gasteiger partial charge in [-0.25, -0.2) is 0 Å². The Morgan fingerprint density at radius 1 is 1.44 bits per heavy atom. The zero-order valence-corrected chi connectivity index (χ0v) is 12.6. The summed E-state index contributed by atoms with van der Waals surface area (Å²) < 4.78 is 0. The SMILES string of the molecule is CC1CCCC(SCCC(NC(C)C)C(=O)O)C1. The maximum atomic E-state index is 11.1. The highest BCUT2D eigenvalue weighted by Gasteiger charge is 2.21. The van der Waals surface area contributed by atoms with E-state index in [0.717, 1.165) is 23.3 Å². The molecule has 0 saturated heterocycles. The van der Waals surface area contributed by atoms with Gasteiger partial charge in [0.1, 0.15) is 6.04 Å². The monoisotopic (exact) mass is 273 g/mol. The van der Waals surface area contributed by atoms with E-state index in [1.807, 2.05) is 25.6 Å². The van der Waals surface area contributed by atoms with E-state index in [2.05, 4.69) is 12.2 Å². The maximum absolute atomic E-state index is 11.1. The predicted octanol–water partition coefficient (Wildman–Crippen LogP) is 3.14. The zero-order chi connectivity index (χ0) is 13.5. The van der Waals surface area contributed by atoms with E-state index >= 15 is 0 Å². The van der Waals surface area contributed by atoms with Gasteiger partial charge in [0.15, 0.2) is 0 Å². The Morgan fingerprint density at radius 2 is 2.17 bits per heavy atom. The van der Waals surface area contributed by atoms with Crippen molar-refractivity contribution in [3.8, 4) is 0 Å². The molecule has 0 heterocycles. The molecule has 4 heteroatoms. The van der Waals surface area contributed by atoms with E-state index < -0.39 is 12.0 Å². The molecule has 0 bridgehead atoms. The Labute approximate surface area is 115 Å². The summed E-state index contributed by atoms with van der Waals surface area (Å²) in [6, 6.07) is -0.163. The number of aliphatic carboxylic acids is 1. The molecular formula is C14H27NO2S. The number of thioether (sulfide) groups is 1. The molecular weight excluding hydrogens is 246 g/mol. The second kappa shape index (κ2) is 8.05. The number of rotatable bonds is 7. The molecule has 1 saturated carbocycles. The van der Waals surface area contributed by atoms with Crippen LogP contribution in [0.1, 0.15) is 52.9 Å². The second-order valence-corrected chi connectivity index (χ2v) is 7.17. The molecule has 3 atom stereocenters. The first kappa shape index (κ1) is 15.8. The van der Waals surface area contributed by atoms with Gasteiger partial charge in [-0.1, -0.05) is 33.6 Å². The molecule has 1 fully saturated rings. The van der Waals surface area contributed by atoms with Gasteiger partial charge in [0.2, 0.25) is 0 Å². The Kier molecular flexibility index (Phi) is 7.08. The molecule has 3 nitrogen and oxygen atoms in total. The summed E-state index contributed by atoms with van der Waals surface area (Å²) >= 11 is 1.97. The first-order chi connectivity index (χ1) is 8.49. The van der Waals surface area contributed by atoms with Gasteiger partial charge in [0.25, 0.3) is 0 Å². The third kappa shape index (κ3) is 6.10. The fraction of sp³-hybridized carbons (Fsp3) is 0.929. The third-order valence-corrected chi connectivity index (χ3v) is 4.85. The van der Waals surface area contributed by atoms with Crippen LogP contribution in [0.25, 0.3) is 0 Å². The van der Waals surface area contributed by atoms with Crippen molar-refractivity contribution in [1.29, 1.82) is 0 Å². The Bertz CT molecular complexity index is 258. The van der Waals surface area contributed by atoms with Crippen molar-refractivity contribution in [1.82, 2.24) is 5.32 Å². The highest BCUT2D eigenvalue weighted by Crippen LogP contribution is 2.32. The summed E-state index contributed by atoms with van der Waals surface area (Å²) in [6.45, 7) is 6.31. The maximum Gasteiger partial charge on any atom is 0.320 e. The summed E-state index contributed by atoms with van der Waals surface area (Å²) in [6.07, 6.45) is 6.04. The highest BCUT2D eigenvalue weighted by atomic mass is 32.2. The van der Waals surface area contributed by atoms with Crippen LogP contribution < -0.4 is 5.32 Å². The molecule has 1 aliphatic rings. The Morgan fingerprint density at radius 3 is 2.72 bits per heavy atom. The smallest absolute Gasteiger partial charge is 0.320 e. The molecule has 0 spiro atoms. The van der Waals surface area contributed by atoms with Crippen LogP contribution >= 0.6 is 11.8 Å². The fourth-order valence-corrected chi connectivity index (χ4v) is 4.07. The number of hydrogen-bond donors (Lipinski definition) is 2. The lowest BCUT2D eigenvalue weighted by molar-refractivity contribution is -0.139. The van der Waals surface area contributed by atoms with Crippen LogP contribution in [-0.2, 0) is 4.79 Å². The normalized spacial score (nSPS) is 26.2. The molecule has 0 aromatic rings. The van der Waals surface area contributed by atoms with Gasteiger partial charge in [0, 0.05) is 11.3 Å². The van der Waals surface area contributed by atoms with E-state index in [-0.39, 0.29) is 6.04 Å². The van der Waals surface area contributed by atoms with Crippen molar-refractivity contribution < 1.29 is 9.90 Å². The summed E-state index contributed by atoms with van der Waals surface area (Å²) in [7, 11) is 0. The average Bonchev–Trinajstić information content (AvgIpc) is 2.27. The second-order valence-electron chi connectivity index (χ2n) is 5.77. The van der Waals surface area contributed by atoms with Gasteiger partial charge in [-0.15, -0.1) is 0 Å². The lowest BCUT2D eigenvalue weighted by Gasteiger charge is -2.26. The number of nitrogens with one attached hydrogen (secondary N) is 1. The molecule has 3 unspecified atom stereocenters. The topological polar surface area (TPSA) is 49.3 Å². The molecule has 0 aliphatic heterocycles. The van der Waals surface area contributed by atoms with Crippen molar-refractivity contribution in [2.45, 2.75) is 70.2 Å². The largest absolute Gasteiger partial charge is 0.480 e. The van der Waals surface area contributed by atoms with Crippen LogP contribution in [-0.4, -0.2) is 34.2 Å². The summed E-state index contributed by atoms with van der Waals surface area (Å²) in [5, 5.41) is 13.0. The minimum Gasteiger partial charge on any atom is -0.480 e. The van der Waals surface area contributed by atoms with E-state index in [1.54, 1.807) is 0 Å². The molecule has 0 aromatic heterocycles. The number of hydrogen-bond acceptors (Lipinski definition) is 3.